The lowest BCUT2D eigenvalue weighted by Crippen LogP contribution is -2.39. The summed E-state index contributed by atoms with van der Waals surface area (Å²) >= 11 is 4.24. The first-order chi connectivity index (χ1) is 15.0. The van der Waals surface area contributed by atoms with Crippen LogP contribution in [-0.4, -0.2) is 51.3 Å². The standard InChI is InChI=1S/C22H26N6O2S/c1-14(2)19(13-31)22(30)24-12-11-23-21(29)16-9-7-15(8-10-16)17-5-3-4-6-18(17)20-25-27-28-26-20/h3-10,14,19,31H,11-13H2,1-2H3,(H,23,29)(H,24,30)(H,25,26,27,28). The number of hydrogen-bond acceptors (Lipinski definition) is 6. The van der Waals surface area contributed by atoms with Crippen molar-refractivity contribution in [1.82, 2.24) is 31.3 Å². The Kier molecular flexibility index (Phi) is 7.77. The highest BCUT2D eigenvalue weighted by Gasteiger charge is 2.20. The van der Waals surface area contributed by atoms with Crippen molar-refractivity contribution in [3.63, 3.8) is 0 Å². The first-order valence-corrected chi connectivity index (χ1v) is 10.7. The van der Waals surface area contributed by atoms with Gasteiger partial charge in [0.15, 0.2) is 5.82 Å². The molecule has 0 radical (unpaired) electrons. The van der Waals surface area contributed by atoms with Crippen LogP contribution < -0.4 is 10.6 Å². The number of aromatic nitrogens is 4. The summed E-state index contributed by atoms with van der Waals surface area (Å²) in [5, 5.41) is 19.7. The number of carbonyl (C=O) groups excluding carboxylic acids is 2. The molecular weight excluding hydrogens is 412 g/mol. The summed E-state index contributed by atoms with van der Waals surface area (Å²) < 4.78 is 0. The molecule has 0 aliphatic rings. The summed E-state index contributed by atoms with van der Waals surface area (Å²) in [5.41, 5.74) is 3.33. The minimum absolute atomic E-state index is 0.0378. The summed E-state index contributed by atoms with van der Waals surface area (Å²) in [5.74, 6) is 0.931. The molecule has 9 heteroatoms. The van der Waals surface area contributed by atoms with Crippen molar-refractivity contribution in [2.45, 2.75) is 13.8 Å². The minimum atomic E-state index is -0.192. The van der Waals surface area contributed by atoms with Gasteiger partial charge in [0.05, 0.1) is 0 Å². The molecule has 1 atom stereocenters. The van der Waals surface area contributed by atoms with Gasteiger partial charge in [-0.2, -0.15) is 12.6 Å². The van der Waals surface area contributed by atoms with Crippen molar-refractivity contribution in [2.75, 3.05) is 18.8 Å². The predicted octanol–water partition coefficient (Wildman–Crippen LogP) is 2.58. The number of benzene rings is 2. The van der Waals surface area contributed by atoms with Crippen LogP contribution in [0.4, 0.5) is 0 Å². The van der Waals surface area contributed by atoms with Crippen LogP contribution >= 0.6 is 12.6 Å². The van der Waals surface area contributed by atoms with Gasteiger partial charge in [0.1, 0.15) is 0 Å². The van der Waals surface area contributed by atoms with Gasteiger partial charge in [0, 0.05) is 35.9 Å². The maximum Gasteiger partial charge on any atom is 0.251 e. The van der Waals surface area contributed by atoms with Crippen molar-refractivity contribution in [1.29, 1.82) is 0 Å². The minimum Gasteiger partial charge on any atom is -0.354 e. The fourth-order valence-corrected chi connectivity index (χ4v) is 3.79. The van der Waals surface area contributed by atoms with Gasteiger partial charge in [0.2, 0.25) is 5.91 Å². The highest BCUT2D eigenvalue weighted by Crippen LogP contribution is 2.29. The fraction of sp³-hybridized carbons (Fsp3) is 0.318. The second-order valence-corrected chi connectivity index (χ2v) is 7.82. The van der Waals surface area contributed by atoms with Crippen LogP contribution in [0.15, 0.2) is 48.5 Å². The molecule has 0 saturated carbocycles. The molecule has 2 amide bonds. The molecule has 0 spiro atoms. The van der Waals surface area contributed by atoms with Crippen LogP contribution in [0.1, 0.15) is 24.2 Å². The van der Waals surface area contributed by atoms with Crippen LogP contribution in [0, 0.1) is 11.8 Å². The van der Waals surface area contributed by atoms with Crippen LogP contribution in [0.2, 0.25) is 0 Å². The number of aromatic amines is 1. The predicted molar refractivity (Wildman–Crippen MR) is 123 cm³/mol. The number of rotatable bonds is 9. The number of carbonyl (C=O) groups is 2. The zero-order chi connectivity index (χ0) is 22.2. The fourth-order valence-electron chi connectivity index (χ4n) is 3.21. The van der Waals surface area contributed by atoms with Gasteiger partial charge in [-0.25, -0.2) is 5.10 Å². The monoisotopic (exact) mass is 438 g/mol. The maximum absolute atomic E-state index is 12.4. The van der Waals surface area contributed by atoms with Crippen LogP contribution in [-0.2, 0) is 4.79 Å². The molecule has 1 aromatic heterocycles. The van der Waals surface area contributed by atoms with Crippen molar-refractivity contribution >= 4 is 24.4 Å². The lowest BCUT2D eigenvalue weighted by Gasteiger charge is -2.18. The molecule has 31 heavy (non-hydrogen) atoms. The quantitative estimate of drug-likeness (QED) is 0.303. The average molecular weight is 439 g/mol. The highest BCUT2D eigenvalue weighted by molar-refractivity contribution is 7.80. The molecule has 0 aliphatic heterocycles. The first kappa shape index (κ1) is 22.5. The molecule has 8 nitrogen and oxygen atoms in total. The Morgan fingerprint density at radius 3 is 2.29 bits per heavy atom. The maximum atomic E-state index is 12.4. The molecule has 0 fully saturated rings. The Hall–Kier alpha value is -3.20. The molecule has 1 unspecified atom stereocenters. The highest BCUT2D eigenvalue weighted by atomic mass is 32.1. The zero-order valence-corrected chi connectivity index (χ0v) is 18.4. The Labute approximate surface area is 186 Å². The number of H-pyrrole nitrogens is 1. The second-order valence-electron chi connectivity index (χ2n) is 7.45. The first-order valence-electron chi connectivity index (χ1n) is 10.1. The Balaban J connectivity index is 1.58. The van der Waals surface area contributed by atoms with E-state index in [1.165, 1.54) is 0 Å². The topological polar surface area (TPSA) is 113 Å². The molecule has 0 saturated heterocycles. The third kappa shape index (κ3) is 5.69. The van der Waals surface area contributed by atoms with E-state index >= 15 is 0 Å². The van der Waals surface area contributed by atoms with Gasteiger partial charge in [-0.05, 0) is 39.6 Å². The van der Waals surface area contributed by atoms with Crippen LogP contribution in [0.5, 0.6) is 0 Å². The number of nitrogens with zero attached hydrogens (tertiary/aromatic N) is 3. The molecule has 0 bridgehead atoms. The summed E-state index contributed by atoms with van der Waals surface area (Å²) in [6.07, 6.45) is 0. The summed E-state index contributed by atoms with van der Waals surface area (Å²) in [4.78, 5) is 24.5. The molecule has 3 rings (SSSR count). The lowest BCUT2D eigenvalue weighted by molar-refractivity contribution is -0.125. The smallest absolute Gasteiger partial charge is 0.251 e. The van der Waals surface area contributed by atoms with E-state index in [4.69, 9.17) is 0 Å². The summed E-state index contributed by atoms with van der Waals surface area (Å²) in [6.45, 7) is 4.71. The van der Waals surface area contributed by atoms with E-state index in [9.17, 15) is 9.59 Å². The Morgan fingerprint density at radius 2 is 1.68 bits per heavy atom. The van der Waals surface area contributed by atoms with Crippen molar-refractivity contribution < 1.29 is 9.59 Å². The van der Waals surface area contributed by atoms with E-state index < -0.39 is 0 Å². The van der Waals surface area contributed by atoms with Gasteiger partial charge < -0.3 is 10.6 Å². The van der Waals surface area contributed by atoms with Crippen molar-refractivity contribution in [3.8, 4) is 22.5 Å². The second kappa shape index (κ2) is 10.7. The molecule has 1 heterocycles. The SMILES string of the molecule is CC(C)C(CS)C(=O)NCCNC(=O)c1ccc(-c2ccccc2-c2nnn[nH]2)cc1. The van der Waals surface area contributed by atoms with E-state index in [0.717, 1.165) is 16.7 Å². The van der Waals surface area contributed by atoms with Crippen molar-refractivity contribution in [2.24, 2.45) is 11.8 Å². The normalized spacial score (nSPS) is 11.9. The zero-order valence-electron chi connectivity index (χ0n) is 17.5. The number of hydrogen-bond donors (Lipinski definition) is 4. The van der Waals surface area contributed by atoms with E-state index in [2.05, 4.69) is 43.9 Å². The van der Waals surface area contributed by atoms with E-state index in [0.29, 0.717) is 30.2 Å². The van der Waals surface area contributed by atoms with E-state index in [1.54, 1.807) is 12.1 Å². The van der Waals surface area contributed by atoms with E-state index in [-0.39, 0.29) is 23.7 Å². The molecule has 0 aliphatic carbocycles. The molecule has 3 N–H and O–H groups in total. The van der Waals surface area contributed by atoms with Gasteiger partial charge >= 0.3 is 0 Å². The number of nitrogens with one attached hydrogen (secondary N) is 3. The average Bonchev–Trinajstić information content (AvgIpc) is 3.32. The molecular formula is C22H26N6O2S. The summed E-state index contributed by atoms with van der Waals surface area (Å²) in [6, 6.07) is 15.1. The molecule has 3 aromatic rings. The van der Waals surface area contributed by atoms with Gasteiger partial charge in [-0.1, -0.05) is 50.2 Å². The molecule has 162 valence electrons. The largest absolute Gasteiger partial charge is 0.354 e. The number of amides is 2. The van der Waals surface area contributed by atoms with Gasteiger partial charge in [0.25, 0.3) is 5.91 Å². The van der Waals surface area contributed by atoms with Crippen LogP contribution in [0.25, 0.3) is 22.5 Å². The van der Waals surface area contributed by atoms with Gasteiger partial charge in [-0.3, -0.25) is 9.59 Å². The van der Waals surface area contributed by atoms with E-state index in [1.807, 2.05) is 50.2 Å². The van der Waals surface area contributed by atoms with Crippen LogP contribution in [0.3, 0.4) is 0 Å². The Morgan fingerprint density at radius 1 is 1.00 bits per heavy atom. The third-order valence-electron chi connectivity index (χ3n) is 5.03. The van der Waals surface area contributed by atoms with Gasteiger partial charge in [-0.15, -0.1) is 5.10 Å². The third-order valence-corrected chi connectivity index (χ3v) is 5.43. The number of thiol groups is 1. The summed E-state index contributed by atoms with van der Waals surface area (Å²) in [7, 11) is 0. The van der Waals surface area contributed by atoms with Crippen molar-refractivity contribution in [3.05, 3.63) is 54.1 Å². The number of tetrazole rings is 1. The lowest BCUT2D eigenvalue weighted by atomic mass is 9.97. The Bertz CT molecular complexity index is 1010. The molecule has 2 aromatic carbocycles.